The Balaban J connectivity index is 2.34. The molecular formula is C10H10N2O4S2. The van der Waals surface area contributed by atoms with Crippen LogP contribution in [0.1, 0.15) is 9.67 Å². The van der Waals surface area contributed by atoms with Gasteiger partial charge in [0.1, 0.15) is 9.77 Å². The van der Waals surface area contributed by atoms with Crippen molar-refractivity contribution in [1.82, 2.24) is 4.57 Å². The van der Waals surface area contributed by atoms with E-state index in [-0.39, 0.29) is 15.5 Å². The summed E-state index contributed by atoms with van der Waals surface area (Å²) in [6, 6.07) is 2.86. The van der Waals surface area contributed by atoms with Gasteiger partial charge in [0.25, 0.3) is 10.0 Å². The third-order valence-corrected chi connectivity index (χ3v) is 4.47. The van der Waals surface area contributed by atoms with Crippen LogP contribution in [0.5, 0.6) is 0 Å². The Morgan fingerprint density at radius 2 is 2.17 bits per heavy atom. The number of carboxylic acid groups (broad SMARTS) is 1. The van der Waals surface area contributed by atoms with Gasteiger partial charge in [-0.05, 0) is 17.5 Å². The number of aromatic nitrogens is 1. The predicted molar refractivity (Wildman–Crippen MR) is 67.5 cm³/mol. The predicted octanol–water partition coefficient (Wildman–Crippen LogP) is 1.59. The van der Waals surface area contributed by atoms with E-state index >= 15 is 0 Å². The Labute approximate surface area is 108 Å². The third-order valence-electron chi connectivity index (χ3n) is 2.22. The number of aromatic carboxylic acids is 1. The molecule has 0 radical (unpaired) electrons. The highest BCUT2D eigenvalue weighted by Gasteiger charge is 2.20. The molecule has 2 heterocycles. The topological polar surface area (TPSA) is 88.4 Å². The minimum atomic E-state index is -3.75. The van der Waals surface area contributed by atoms with Crippen molar-refractivity contribution in [2.75, 3.05) is 4.72 Å². The van der Waals surface area contributed by atoms with Gasteiger partial charge in [0, 0.05) is 19.4 Å². The Kier molecular flexibility index (Phi) is 3.14. The summed E-state index contributed by atoms with van der Waals surface area (Å²) in [6.07, 6.45) is 3.04. The highest BCUT2D eigenvalue weighted by Crippen LogP contribution is 2.25. The lowest BCUT2D eigenvalue weighted by Gasteiger charge is -2.05. The molecule has 0 unspecified atom stereocenters. The van der Waals surface area contributed by atoms with Crippen molar-refractivity contribution < 1.29 is 18.3 Å². The summed E-state index contributed by atoms with van der Waals surface area (Å²) in [5, 5.41) is 10.4. The first-order valence-electron chi connectivity index (χ1n) is 4.86. The molecule has 2 rings (SSSR count). The van der Waals surface area contributed by atoms with E-state index in [0.29, 0.717) is 0 Å². The minimum Gasteiger partial charge on any atom is -0.477 e. The molecule has 0 fully saturated rings. The number of carbonyl (C=O) groups is 1. The molecule has 0 saturated carbocycles. The summed E-state index contributed by atoms with van der Waals surface area (Å²) in [6.45, 7) is 0. The summed E-state index contributed by atoms with van der Waals surface area (Å²) >= 11 is 0.967. The molecule has 0 spiro atoms. The van der Waals surface area contributed by atoms with Gasteiger partial charge in [0.05, 0.1) is 5.69 Å². The van der Waals surface area contributed by atoms with Crippen molar-refractivity contribution in [3.8, 4) is 0 Å². The maximum Gasteiger partial charge on any atom is 0.348 e. The average Bonchev–Trinajstić information content (AvgIpc) is 2.86. The van der Waals surface area contributed by atoms with Crippen LogP contribution in [0.4, 0.5) is 5.69 Å². The van der Waals surface area contributed by atoms with Crippen LogP contribution in [0.25, 0.3) is 0 Å². The number of thiophene rings is 1. The van der Waals surface area contributed by atoms with Crippen LogP contribution in [0.3, 0.4) is 0 Å². The van der Waals surface area contributed by atoms with Crippen molar-refractivity contribution >= 4 is 33.0 Å². The molecular weight excluding hydrogens is 276 g/mol. The van der Waals surface area contributed by atoms with Gasteiger partial charge in [-0.15, -0.1) is 11.3 Å². The van der Waals surface area contributed by atoms with Crippen LogP contribution in [0.15, 0.2) is 34.8 Å². The molecule has 0 aromatic carbocycles. The largest absolute Gasteiger partial charge is 0.477 e. The van der Waals surface area contributed by atoms with Crippen molar-refractivity contribution in [2.45, 2.75) is 4.90 Å². The highest BCUT2D eigenvalue weighted by atomic mass is 32.2. The zero-order valence-corrected chi connectivity index (χ0v) is 11.0. The lowest BCUT2D eigenvalue weighted by atomic mass is 10.4. The molecule has 18 heavy (non-hydrogen) atoms. The lowest BCUT2D eigenvalue weighted by molar-refractivity contribution is 0.0703. The molecule has 0 aliphatic rings. The van der Waals surface area contributed by atoms with Gasteiger partial charge < -0.3 is 9.67 Å². The average molecular weight is 286 g/mol. The monoisotopic (exact) mass is 286 g/mol. The Morgan fingerprint density at radius 1 is 1.44 bits per heavy atom. The smallest absolute Gasteiger partial charge is 0.348 e. The molecule has 96 valence electrons. The maximum atomic E-state index is 12.0. The number of anilines is 1. The summed E-state index contributed by atoms with van der Waals surface area (Å²) in [7, 11) is -2.05. The molecule has 2 aromatic heterocycles. The SMILES string of the molecule is Cn1ccc(S(=O)(=O)Nc2ccsc2C(=O)O)c1. The van der Waals surface area contributed by atoms with E-state index in [4.69, 9.17) is 5.11 Å². The zero-order chi connectivity index (χ0) is 13.3. The Hall–Kier alpha value is -1.80. The lowest BCUT2D eigenvalue weighted by Crippen LogP contribution is -2.13. The van der Waals surface area contributed by atoms with Crippen molar-refractivity contribution in [1.29, 1.82) is 0 Å². The van der Waals surface area contributed by atoms with E-state index in [0.717, 1.165) is 11.3 Å². The van der Waals surface area contributed by atoms with E-state index < -0.39 is 16.0 Å². The highest BCUT2D eigenvalue weighted by molar-refractivity contribution is 7.92. The maximum absolute atomic E-state index is 12.0. The van der Waals surface area contributed by atoms with Gasteiger partial charge in [0.2, 0.25) is 0 Å². The van der Waals surface area contributed by atoms with Crippen LogP contribution >= 0.6 is 11.3 Å². The molecule has 0 aliphatic heterocycles. The van der Waals surface area contributed by atoms with Gasteiger partial charge in [-0.2, -0.15) is 0 Å². The van der Waals surface area contributed by atoms with Crippen LogP contribution in [0, 0.1) is 0 Å². The van der Waals surface area contributed by atoms with E-state index in [9.17, 15) is 13.2 Å². The quantitative estimate of drug-likeness (QED) is 0.893. The van der Waals surface area contributed by atoms with Crippen LogP contribution in [-0.2, 0) is 17.1 Å². The molecule has 2 N–H and O–H groups in total. The molecule has 0 amide bonds. The number of carboxylic acids is 1. The standard InChI is InChI=1S/C10H10N2O4S2/c1-12-4-2-7(6-12)18(15,16)11-8-3-5-17-9(8)10(13)14/h2-6,11H,1H3,(H,13,14). The molecule has 0 atom stereocenters. The molecule has 0 saturated heterocycles. The summed E-state index contributed by atoms with van der Waals surface area (Å²) in [5.74, 6) is -1.16. The summed E-state index contributed by atoms with van der Waals surface area (Å²) in [5.41, 5.74) is 0.0800. The summed E-state index contributed by atoms with van der Waals surface area (Å²) < 4.78 is 27.8. The minimum absolute atomic E-state index is 0.0329. The van der Waals surface area contributed by atoms with E-state index in [1.54, 1.807) is 17.8 Å². The van der Waals surface area contributed by atoms with Crippen LogP contribution in [0.2, 0.25) is 0 Å². The van der Waals surface area contributed by atoms with Gasteiger partial charge in [-0.25, -0.2) is 13.2 Å². The van der Waals surface area contributed by atoms with Gasteiger partial charge in [0.15, 0.2) is 0 Å². The first kappa shape index (κ1) is 12.7. The number of nitrogens with one attached hydrogen (secondary N) is 1. The fourth-order valence-corrected chi connectivity index (χ4v) is 3.27. The number of hydrogen-bond acceptors (Lipinski definition) is 4. The van der Waals surface area contributed by atoms with Gasteiger partial charge in [-0.3, -0.25) is 4.72 Å². The van der Waals surface area contributed by atoms with Crippen molar-refractivity contribution in [3.63, 3.8) is 0 Å². The number of sulfonamides is 1. The second kappa shape index (κ2) is 4.46. The number of aryl methyl sites for hydroxylation is 1. The Morgan fingerprint density at radius 3 is 2.72 bits per heavy atom. The number of rotatable bonds is 4. The first-order valence-corrected chi connectivity index (χ1v) is 7.22. The summed E-state index contributed by atoms with van der Waals surface area (Å²) in [4.78, 5) is 10.9. The third kappa shape index (κ3) is 2.39. The van der Waals surface area contributed by atoms with Gasteiger partial charge in [-0.1, -0.05) is 0 Å². The zero-order valence-electron chi connectivity index (χ0n) is 9.32. The van der Waals surface area contributed by atoms with E-state index in [1.165, 1.54) is 23.7 Å². The Bertz CT molecular complexity index is 684. The molecule has 0 bridgehead atoms. The molecule has 8 heteroatoms. The fraction of sp³-hybridized carbons (Fsp3) is 0.100. The molecule has 6 nitrogen and oxygen atoms in total. The molecule has 0 aliphatic carbocycles. The first-order chi connectivity index (χ1) is 8.40. The van der Waals surface area contributed by atoms with E-state index in [2.05, 4.69) is 4.72 Å². The van der Waals surface area contributed by atoms with Crippen LogP contribution in [-0.4, -0.2) is 24.1 Å². The molecule has 2 aromatic rings. The number of nitrogens with zero attached hydrogens (tertiary/aromatic N) is 1. The number of hydrogen-bond donors (Lipinski definition) is 2. The second-order valence-corrected chi connectivity index (χ2v) is 6.19. The van der Waals surface area contributed by atoms with Crippen molar-refractivity contribution in [3.05, 3.63) is 34.8 Å². The second-order valence-electron chi connectivity index (χ2n) is 3.59. The fourth-order valence-electron chi connectivity index (χ4n) is 1.40. The van der Waals surface area contributed by atoms with Crippen LogP contribution < -0.4 is 4.72 Å². The van der Waals surface area contributed by atoms with E-state index in [1.807, 2.05) is 0 Å². The van der Waals surface area contributed by atoms with Crippen molar-refractivity contribution in [2.24, 2.45) is 7.05 Å². The normalized spacial score (nSPS) is 11.4. The van der Waals surface area contributed by atoms with Gasteiger partial charge >= 0.3 is 5.97 Å².